The third kappa shape index (κ3) is 4.70. The van der Waals surface area contributed by atoms with Crippen molar-refractivity contribution in [2.45, 2.75) is 13.5 Å². The molecule has 0 fully saturated rings. The maximum atomic E-state index is 13.3. The summed E-state index contributed by atoms with van der Waals surface area (Å²) in [7, 11) is 0. The fourth-order valence-corrected chi connectivity index (χ4v) is 3.36. The lowest BCUT2D eigenvalue weighted by Gasteiger charge is -2.20. The number of hydrogen-bond acceptors (Lipinski definition) is 4. The number of aliphatic hydroxyl groups excluding tert-OH is 1. The first-order chi connectivity index (χ1) is 15.2. The summed E-state index contributed by atoms with van der Waals surface area (Å²) in [6.45, 7) is 2.46. The van der Waals surface area contributed by atoms with Crippen LogP contribution < -0.4 is 0 Å². The van der Waals surface area contributed by atoms with Crippen molar-refractivity contribution in [3.63, 3.8) is 0 Å². The first kappa shape index (κ1) is 20.5. The quantitative estimate of drug-likeness (QED) is 0.500. The molecule has 6 heteroatoms. The molecule has 0 saturated carbocycles. The Kier molecular flexibility index (Phi) is 6.19. The largest absolute Gasteiger partial charge is 0.395 e. The molecule has 0 aliphatic rings. The van der Waals surface area contributed by atoms with Gasteiger partial charge in [-0.1, -0.05) is 78.4 Å². The molecule has 156 valence electrons. The molecule has 0 radical (unpaired) electrons. The summed E-state index contributed by atoms with van der Waals surface area (Å²) in [5, 5.41) is 14.1. The minimum atomic E-state index is -0.319. The van der Waals surface area contributed by atoms with E-state index in [2.05, 4.69) is 10.1 Å². The highest BCUT2D eigenvalue weighted by atomic mass is 16.3. The smallest absolute Gasteiger partial charge is 0.293 e. The molecule has 1 amide bonds. The predicted octanol–water partition coefficient (Wildman–Crippen LogP) is 3.88. The van der Waals surface area contributed by atoms with Crippen LogP contribution in [-0.2, 0) is 6.54 Å². The van der Waals surface area contributed by atoms with Crippen LogP contribution in [0, 0.1) is 6.92 Å². The van der Waals surface area contributed by atoms with E-state index in [4.69, 9.17) is 0 Å². The van der Waals surface area contributed by atoms with Crippen molar-refractivity contribution in [1.82, 2.24) is 19.7 Å². The van der Waals surface area contributed by atoms with Gasteiger partial charge in [-0.2, -0.15) is 0 Å². The van der Waals surface area contributed by atoms with Gasteiger partial charge in [0, 0.05) is 18.7 Å². The molecule has 0 unspecified atom stereocenters. The molecule has 0 bridgehead atoms. The van der Waals surface area contributed by atoms with Gasteiger partial charge in [-0.05, 0) is 24.6 Å². The van der Waals surface area contributed by atoms with Gasteiger partial charge < -0.3 is 10.0 Å². The predicted molar refractivity (Wildman–Crippen MR) is 120 cm³/mol. The molecule has 0 saturated heterocycles. The number of benzene rings is 3. The van der Waals surface area contributed by atoms with Crippen molar-refractivity contribution < 1.29 is 9.90 Å². The van der Waals surface area contributed by atoms with E-state index in [-0.39, 0.29) is 24.9 Å². The summed E-state index contributed by atoms with van der Waals surface area (Å²) in [5.41, 5.74) is 3.81. The summed E-state index contributed by atoms with van der Waals surface area (Å²) in [6.07, 6.45) is 0. The lowest BCUT2D eigenvalue weighted by atomic mass is 10.2. The maximum absolute atomic E-state index is 13.3. The topological polar surface area (TPSA) is 71.2 Å². The fourth-order valence-electron chi connectivity index (χ4n) is 3.36. The van der Waals surface area contributed by atoms with Gasteiger partial charge in [-0.3, -0.25) is 4.79 Å². The molecule has 0 aliphatic heterocycles. The second-order valence-corrected chi connectivity index (χ2v) is 7.31. The lowest BCUT2D eigenvalue weighted by Crippen LogP contribution is -2.33. The second kappa shape index (κ2) is 9.36. The fraction of sp³-hybridized carbons (Fsp3) is 0.160. The third-order valence-corrected chi connectivity index (χ3v) is 4.98. The number of carbonyl (C=O) groups is 1. The van der Waals surface area contributed by atoms with Crippen molar-refractivity contribution >= 4 is 5.91 Å². The Labute approximate surface area is 181 Å². The second-order valence-electron chi connectivity index (χ2n) is 7.31. The highest BCUT2D eigenvalue weighted by molar-refractivity contribution is 5.91. The number of aliphatic hydroxyl groups is 1. The summed E-state index contributed by atoms with van der Waals surface area (Å²) in [5.74, 6) is 0.376. The Morgan fingerprint density at radius 3 is 2.23 bits per heavy atom. The Balaban J connectivity index is 1.73. The lowest BCUT2D eigenvalue weighted by molar-refractivity contribution is 0.0695. The molecular formula is C25H24N4O2. The molecule has 0 aliphatic carbocycles. The van der Waals surface area contributed by atoms with Gasteiger partial charge in [0.25, 0.3) is 5.91 Å². The number of rotatable bonds is 7. The minimum absolute atomic E-state index is 0.101. The number of aryl methyl sites for hydroxylation is 1. The van der Waals surface area contributed by atoms with E-state index in [0.29, 0.717) is 12.4 Å². The van der Waals surface area contributed by atoms with E-state index in [1.807, 2.05) is 91.9 Å². The van der Waals surface area contributed by atoms with Gasteiger partial charge in [0.05, 0.1) is 12.3 Å². The molecule has 1 aromatic heterocycles. The van der Waals surface area contributed by atoms with Crippen LogP contribution in [0.15, 0.2) is 84.9 Å². The van der Waals surface area contributed by atoms with Crippen LogP contribution in [0.4, 0.5) is 0 Å². The monoisotopic (exact) mass is 412 g/mol. The Morgan fingerprint density at radius 1 is 0.935 bits per heavy atom. The van der Waals surface area contributed by atoms with Crippen molar-refractivity contribution in [3.05, 3.63) is 102 Å². The van der Waals surface area contributed by atoms with E-state index in [1.54, 1.807) is 9.58 Å². The van der Waals surface area contributed by atoms with Gasteiger partial charge >= 0.3 is 0 Å². The van der Waals surface area contributed by atoms with E-state index < -0.39 is 0 Å². The van der Waals surface area contributed by atoms with Crippen LogP contribution in [0.1, 0.15) is 21.7 Å². The van der Waals surface area contributed by atoms with Gasteiger partial charge in [0.1, 0.15) is 0 Å². The van der Waals surface area contributed by atoms with E-state index in [0.717, 1.165) is 22.4 Å². The van der Waals surface area contributed by atoms with Gasteiger partial charge in [-0.25, -0.2) is 9.67 Å². The van der Waals surface area contributed by atoms with Crippen molar-refractivity contribution in [2.75, 3.05) is 13.2 Å². The average Bonchev–Trinajstić information content (AvgIpc) is 3.25. The average molecular weight is 412 g/mol. The number of amides is 1. The summed E-state index contributed by atoms with van der Waals surface area (Å²) in [4.78, 5) is 19.5. The van der Waals surface area contributed by atoms with Gasteiger partial charge in [0.2, 0.25) is 5.82 Å². The highest BCUT2D eigenvalue weighted by Crippen LogP contribution is 2.22. The standard InChI is InChI=1S/C25H24N4O2/c1-19-12-14-22(15-13-19)29-24(21-10-6-3-7-11-21)26-23(27-29)25(31)28(16-17-30)18-20-8-4-2-5-9-20/h2-15,30H,16-18H2,1H3. The van der Waals surface area contributed by atoms with Crippen LogP contribution in [0.2, 0.25) is 0 Å². The van der Waals surface area contributed by atoms with E-state index in [9.17, 15) is 9.90 Å². The molecule has 4 rings (SSSR count). The molecular weight excluding hydrogens is 388 g/mol. The number of aromatic nitrogens is 3. The van der Waals surface area contributed by atoms with Crippen LogP contribution in [0.25, 0.3) is 17.1 Å². The summed E-state index contributed by atoms with van der Waals surface area (Å²) < 4.78 is 1.70. The zero-order chi connectivity index (χ0) is 21.6. The molecule has 0 atom stereocenters. The Hall–Kier alpha value is -3.77. The van der Waals surface area contributed by atoms with E-state index in [1.165, 1.54) is 0 Å². The zero-order valence-electron chi connectivity index (χ0n) is 17.3. The first-order valence-electron chi connectivity index (χ1n) is 10.2. The highest BCUT2D eigenvalue weighted by Gasteiger charge is 2.23. The molecule has 4 aromatic rings. The number of carbonyl (C=O) groups excluding carboxylic acids is 1. The van der Waals surface area contributed by atoms with Crippen LogP contribution in [-0.4, -0.2) is 43.8 Å². The van der Waals surface area contributed by atoms with Crippen LogP contribution in [0.3, 0.4) is 0 Å². The normalized spacial score (nSPS) is 10.8. The zero-order valence-corrected chi connectivity index (χ0v) is 17.3. The summed E-state index contributed by atoms with van der Waals surface area (Å²) >= 11 is 0. The summed E-state index contributed by atoms with van der Waals surface area (Å²) in [6, 6.07) is 27.3. The van der Waals surface area contributed by atoms with Crippen LogP contribution >= 0.6 is 0 Å². The number of hydrogen-bond donors (Lipinski definition) is 1. The van der Waals surface area contributed by atoms with Gasteiger partial charge in [0.15, 0.2) is 5.82 Å². The number of nitrogens with zero attached hydrogens (tertiary/aromatic N) is 4. The third-order valence-electron chi connectivity index (χ3n) is 4.98. The minimum Gasteiger partial charge on any atom is -0.395 e. The maximum Gasteiger partial charge on any atom is 0.293 e. The van der Waals surface area contributed by atoms with Crippen molar-refractivity contribution in [2.24, 2.45) is 0 Å². The Morgan fingerprint density at radius 2 is 1.58 bits per heavy atom. The first-order valence-corrected chi connectivity index (χ1v) is 10.2. The van der Waals surface area contributed by atoms with Crippen molar-refractivity contribution in [3.8, 4) is 17.1 Å². The SMILES string of the molecule is Cc1ccc(-n2nc(C(=O)N(CCO)Cc3ccccc3)nc2-c2ccccc2)cc1. The Bertz CT molecular complexity index is 1140. The molecule has 1 heterocycles. The van der Waals surface area contributed by atoms with Crippen molar-refractivity contribution in [1.29, 1.82) is 0 Å². The van der Waals surface area contributed by atoms with Crippen LogP contribution in [0.5, 0.6) is 0 Å². The van der Waals surface area contributed by atoms with E-state index >= 15 is 0 Å². The molecule has 1 N–H and O–H groups in total. The molecule has 0 spiro atoms. The molecule has 31 heavy (non-hydrogen) atoms. The molecule has 6 nitrogen and oxygen atoms in total. The van der Waals surface area contributed by atoms with Gasteiger partial charge in [-0.15, -0.1) is 5.10 Å². The molecule has 3 aromatic carbocycles.